The van der Waals surface area contributed by atoms with E-state index in [-0.39, 0.29) is 50.8 Å². The average Bonchev–Trinajstić information content (AvgIpc) is 3.46. The lowest BCUT2D eigenvalue weighted by molar-refractivity contribution is -0.128. The van der Waals surface area contributed by atoms with Crippen molar-refractivity contribution in [2.75, 3.05) is 25.0 Å². The number of fused-ring (bicyclic) bond motifs is 3. The van der Waals surface area contributed by atoms with E-state index in [0.717, 1.165) is 22.3 Å². The maximum atomic E-state index is 13.7. The Morgan fingerprint density at radius 1 is 0.789 bits per heavy atom. The Bertz CT molecular complexity index is 1880. The largest absolute Gasteiger partial charge is 0.465 e. The molecule has 1 aliphatic rings. The van der Waals surface area contributed by atoms with E-state index < -0.39 is 59.2 Å². The molecule has 4 rings (SSSR count). The van der Waals surface area contributed by atoms with Crippen LogP contribution < -0.4 is 37.6 Å². The number of hydrogen-bond acceptors (Lipinski definition) is 7. The van der Waals surface area contributed by atoms with Crippen LogP contribution in [0.3, 0.4) is 0 Å². The molecule has 16 heteroatoms. The van der Waals surface area contributed by atoms with Crippen molar-refractivity contribution in [3.63, 3.8) is 0 Å². The number of ether oxygens (including phenoxy) is 1. The number of alkyl carbamates (subject to hydrolysis) is 1. The van der Waals surface area contributed by atoms with Crippen LogP contribution in [0.25, 0.3) is 11.1 Å². The van der Waals surface area contributed by atoms with Gasteiger partial charge in [-0.25, -0.2) is 19.2 Å². The predicted octanol–water partition coefficient (Wildman–Crippen LogP) is 4.98. The summed E-state index contributed by atoms with van der Waals surface area (Å²) in [5.41, 5.74) is 8.52. The summed E-state index contributed by atoms with van der Waals surface area (Å²) in [5, 5.41) is 34.4. The molecule has 0 fully saturated rings. The Labute approximate surface area is 331 Å². The number of carboxylic acid groups (broad SMARTS) is 2. The van der Waals surface area contributed by atoms with E-state index in [1.54, 1.807) is 58.9 Å². The van der Waals surface area contributed by atoms with E-state index >= 15 is 0 Å². The molecule has 3 aromatic carbocycles. The maximum absolute atomic E-state index is 13.7. The molecular weight excluding hydrogens is 734 g/mol. The summed E-state index contributed by atoms with van der Waals surface area (Å²) < 4.78 is 5.68. The summed E-state index contributed by atoms with van der Waals surface area (Å²) in [6.07, 6.45) is -2.89. The standard InChI is InChI=1S/C41H53N7O9/c1-24(2)33(47-39(56)57-22-31-29-13-8-6-11-27(29)28-12-7-9-14-30(28)31)35(50)46-32(15-10-20-43-36(42)51)34(49)45-26-18-16-25(17-19-26)21-41(40(3,4)5,48-38(54)55)23-44-37(52)53/h6-9,11-14,16-19,24,31-33,44,48H,10,15,20-23H2,1-5H3,(H,45,49)(H,46,50)(H,47,56)(H,52,53)(H,54,55)(H3,42,43,51)/t32-,33-,41?/m0/s1. The number of carbonyl (C=O) groups is 6. The zero-order valence-corrected chi connectivity index (χ0v) is 32.8. The summed E-state index contributed by atoms with van der Waals surface area (Å²) in [6, 6.07) is 19.6. The predicted molar refractivity (Wildman–Crippen MR) is 214 cm³/mol. The van der Waals surface area contributed by atoms with E-state index in [0.29, 0.717) is 11.3 Å². The highest BCUT2D eigenvalue weighted by Gasteiger charge is 2.44. The van der Waals surface area contributed by atoms with Gasteiger partial charge in [0.05, 0.1) is 5.54 Å². The number of nitrogens with one attached hydrogen (secondary N) is 6. The second kappa shape index (κ2) is 19.0. The molecule has 57 heavy (non-hydrogen) atoms. The number of nitrogens with two attached hydrogens (primary N) is 1. The highest BCUT2D eigenvalue weighted by molar-refractivity contribution is 5.98. The zero-order valence-electron chi connectivity index (χ0n) is 32.8. The van der Waals surface area contributed by atoms with E-state index in [4.69, 9.17) is 10.5 Å². The molecule has 0 aliphatic heterocycles. The highest BCUT2D eigenvalue weighted by Crippen LogP contribution is 2.44. The smallest absolute Gasteiger partial charge is 0.407 e. The normalized spacial score (nSPS) is 14.1. The lowest BCUT2D eigenvalue weighted by Crippen LogP contribution is -2.64. The number of primary amides is 1. The van der Waals surface area contributed by atoms with Gasteiger partial charge in [0.2, 0.25) is 11.8 Å². The van der Waals surface area contributed by atoms with E-state index in [1.807, 2.05) is 48.5 Å². The molecule has 0 spiro atoms. The van der Waals surface area contributed by atoms with Crippen molar-refractivity contribution in [1.82, 2.24) is 26.6 Å². The highest BCUT2D eigenvalue weighted by atomic mass is 16.5. The average molecular weight is 788 g/mol. The summed E-state index contributed by atoms with van der Waals surface area (Å²) in [4.78, 5) is 74.9. The minimum Gasteiger partial charge on any atom is -0.465 e. The Kier molecular flexibility index (Phi) is 14.5. The second-order valence-corrected chi connectivity index (χ2v) is 15.5. The number of anilines is 1. The minimum atomic E-state index is -1.31. The Balaban J connectivity index is 1.44. The number of rotatable bonds is 17. The van der Waals surface area contributed by atoms with Gasteiger partial charge in [-0.15, -0.1) is 0 Å². The van der Waals surface area contributed by atoms with Crippen LogP contribution in [0.2, 0.25) is 0 Å². The van der Waals surface area contributed by atoms with Crippen molar-refractivity contribution in [1.29, 1.82) is 0 Å². The third kappa shape index (κ3) is 11.6. The van der Waals surface area contributed by atoms with Gasteiger partial charge in [-0.3, -0.25) is 9.59 Å². The fourth-order valence-corrected chi connectivity index (χ4v) is 6.93. The molecule has 306 valence electrons. The van der Waals surface area contributed by atoms with Gasteiger partial charge in [0.25, 0.3) is 0 Å². The van der Waals surface area contributed by atoms with E-state index in [2.05, 4.69) is 31.9 Å². The van der Waals surface area contributed by atoms with Gasteiger partial charge < -0.3 is 52.6 Å². The molecule has 1 unspecified atom stereocenters. The van der Waals surface area contributed by atoms with Gasteiger partial charge in [-0.1, -0.05) is 95.3 Å². The number of hydrogen-bond donors (Lipinski definition) is 9. The van der Waals surface area contributed by atoms with Crippen LogP contribution >= 0.6 is 0 Å². The molecule has 10 N–H and O–H groups in total. The van der Waals surface area contributed by atoms with Gasteiger partial charge >= 0.3 is 24.3 Å². The summed E-state index contributed by atoms with van der Waals surface area (Å²) in [7, 11) is 0. The van der Waals surface area contributed by atoms with E-state index in [1.165, 1.54) is 0 Å². The van der Waals surface area contributed by atoms with Gasteiger partial charge in [0.1, 0.15) is 18.7 Å². The number of amides is 7. The Morgan fingerprint density at radius 3 is 1.91 bits per heavy atom. The molecule has 0 saturated heterocycles. The fourth-order valence-electron chi connectivity index (χ4n) is 6.93. The van der Waals surface area contributed by atoms with Crippen LogP contribution in [0.15, 0.2) is 72.8 Å². The maximum Gasteiger partial charge on any atom is 0.407 e. The van der Waals surface area contributed by atoms with Gasteiger partial charge in [0, 0.05) is 24.7 Å². The van der Waals surface area contributed by atoms with Crippen LogP contribution in [0, 0.1) is 11.3 Å². The third-order valence-corrected chi connectivity index (χ3v) is 10.2. The van der Waals surface area contributed by atoms with Crippen molar-refractivity contribution < 1.29 is 43.7 Å². The van der Waals surface area contributed by atoms with Crippen LogP contribution in [0.4, 0.5) is 24.9 Å². The molecule has 0 heterocycles. The van der Waals surface area contributed by atoms with Crippen LogP contribution in [0.5, 0.6) is 0 Å². The molecule has 0 aromatic heterocycles. The number of urea groups is 1. The minimum absolute atomic E-state index is 0.0511. The van der Waals surface area contributed by atoms with Crippen LogP contribution in [-0.4, -0.2) is 83.7 Å². The molecule has 0 radical (unpaired) electrons. The lowest BCUT2D eigenvalue weighted by Gasteiger charge is -2.45. The van der Waals surface area contributed by atoms with E-state index in [9.17, 15) is 39.0 Å². The van der Waals surface area contributed by atoms with Crippen molar-refractivity contribution in [3.8, 4) is 11.1 Å². The van der Waals surface area contributed by atoms with Gasteiger partial charge in [0.15, 0.2) is 0 Å². The molecule has 1 aliphatic carbocycles. The van der Waals surface area contributed by atoms with Gasteiger partial charge in [-0.05, 0) is 70.5 Å². The topological polar surface area (TPSA) is 250 Å². The first-order chi connectivity index (χ1) is 26.9. The first-order valence-corrected chi connectivity index (χ1v) is 18.7. The summed E-state index contributed by atoms with van der Waals surface area (Å²) in [6.45, 7) is 8.89. The van der Waals surface area contributed by atoms with Crippen molar-refractivity contribution >= 4 is 41.8 Å². The summed E-state index contributed by atoms with van der Waals surface area (Å²) >= 11 is 0. The number of carbonyl (C=O) groups excluding carboxylic acids is 4. The molecule has 16 nitrogen and oxygen atoms in total. The second-order valence-electron chi connectivity index (χ2n) is 15.5. The molecule has 7 amide bonds. The van der Waals surface area contributed by atoms with Gasteiger partial charge in [-0.2, -0.15) is 0 Å². The monoisotopic (exact) mass is 787 g/mol. The first kappa shape index (κ1) is 43.4. The molecule has 0 saturated carbocycles. The molecule has 0 bridgehead atoms. The number of benzene rings is 3. The Hall–Kier alpha value is -6.32. The van der Waals surface area contributed by atoms with Crippen molar-refractivity contribution in [3.05, 3.63) is 89.5 Å². The van der Waals surface area contributed by atoms with Crippen LogP contribution in [0.1, 0.15) is 70.1 Å². The summed E-state index contributed by atoms with van der Waals surface area (Å²) in [5.74, 6) is -1.75. The SMILES string of the molecule is CC(C)[C@H](NC(=O)OCC1c2ccccc2-c2ccccc21)C(=O)N[C@@H](CCCNC(N)=O)C(=O)Nc1ccc(CC(CNC(=O)O)(NC(=O)O)C(C)(C)C)cc1. The molecule has 3 aromatic rings. The first-order valence-electron chi connectivity index (χ1n) is 18.7. The van der Waals surface area contributed by atoms with Crippen LogP contribution in [-0.2, 0) is 20.7 Å². The quantitative estimate of drug-likeness (QED) is 0.0836. The van der Waals surface area contributed by atoms with Crippen molar-refractivity contribution in [2.45, 2.75) is 77.4 Å². The third-order valence-electron chi connectivity index (χ3n) is 10.2. The lowest BCUT2D eigenvalue weighted by atomic mass is 9.70. The fraction of sp³-hybridized carbons (Fsp3) is 0.415. The molecule has 3 atom stereocenters. The van der Waals surface area contributed by atoms with Crippen molar-refractivity contribution in [2.24, 2.45) is 17.1 Å². The molecular formula is C41H53N7O9. The Morgan fingerprint density at radius 2 is 1.39 bits per heavy atom. The zero-order chi connectivity index (χ0) is 41.9.